The molecular formula is C17H16Cl2N2O4S. The number of benzene rings is 2. The molecule has 2 rings (SSSR count). The summed E-state index contributed by atoms with van der Waals surface area (Å²) in [6.07, 6.45) is 1.14. The van der Waals surface area contributed by atoms with Crippen LogP contribution in [0.15, 0.2) is 42.5 Å². The highest BCUT2D eigenvalue weighted by molar-refractivity contribution is 7.89. The van der Waals surface area contributed by atoms with Gasteiger partial charge in [-0.2, -0.15) is 0 Å². The Bertz CT molecular complexity index is 928. The van der Waals surface area contributed by atoms with Gasteiger partial charge in [0, 0.05) is 16.8 Å². The number of hydrogen-bond acceptors (Lipinski definition) is 4. The van der Waals surface area contributed by atoms with Gasteiger partial charge in [-0.15, -0.1) is 0 Å². The summed E-state index contributed by atoms with van der Waals surface area (Å²) in [5.41, 5.74) is 1.25. The van der Waals surface area contributed by atoms with Crippen LogP contribution in [-0.2, 0) is 20.4 Å². The molecule has 0 heterocycles. The summed E-state index contributed by atoms with van der Waals surface area (Å²) in [5.74, 6) is -1.02. The highest BCUT2D eigenvalue weighted by atomic mass is 35.5. The smallest absolute Gasteiger partial charge is 0.251 e. The van der Waals surface area contributed by atoms with Crippen molar-refractivity contribution in [3.63, 3.8) is 0 Å². The van der Waals surface area contributed by atoms with E-state index in [1.165, 1.54) is 18.2 Å². The zero-order valence-electron chi connectivity index (χ0n) is 13.8. The van der Waals surface area contributed by atoms with Gasteiger partial charge < -0.3 is 10.6 Å². The fraction of sp³-hybridized carbons (Fsp3) is 0.176. The van der Waals surface area contributed by atoms with E-state index in [0.717, 1.165) is 6.26 Å². The number of carbonyl (C=O) groups is 2. The third-order valence-electron chi connectivity index (χ3n) is 3.26. The highest BCUT2D eigenvalue weighted by Gasteiger charge is 2.11. The number of rotatable bonds is 6. The van der Waals surface area contributed by atoms with Gasteiger partial charge in [0.1, 0.15) is 0 Å². The summed E-state index contributed by atoms with van der Waals surface area (Å²) < 4.78 is 22.5. The molecule has 0 aliphatic rings. The van der Waals surface area contributed by atoms with Gasteiger partial charge in [0.25, 0.3) is 5.91 Å². The molecule has 0 spiro atoms. The first kappa shape index (κ1) is 20.2. The Labute approximate surface area is 161 Å². The number of anilines is 1. The van der Waals surface area contributed by atoms with Gasteiger partial charge >= 0.3 is 0 Å². The summed E-state index contributed by atoms with van der Waals surface area (Å²) in [7, 11) is -3.14. The van der Waals surface area contributed by atoms with E-state index in [0.29, 0.717) is 26.9 Å². The first-order valence-corrected chi connectivity index (χ1v) is 10.3. The van der Waals surface area contributed by atoms with E-state index in [1.807, 2.05) is 0 Å². The predicted molar refractivity (Wildman–Crippen MR) is 102 cm³/mol. The lowest BCUT2D eigenvalue weighted by atomic mass is 10.1. The van der Waals surface area contributed by atoms with E-state index in [2.05, 4.69) is 10.6 Å². The predicted octanol–water partition coefficient (Wildman–Crippen LogP) is 2.91. The van der Waals surface area contributed by atoms with Crippen molar-refractivity contribution in [1.29, 1.82) is 0 Å². The molecule has 0 saturated heterocycles. The molecule has 6 nitrogen and oxygen atoms in total. The Morgan fingerprint density at radius 3 is 2.31 bits per heavy atom. The molecule has 0 aliphatic heterocycles. The van der Waals surface area contributed by atoms with E-state index < -0.39 is 21.7 Å². The van der Waals surface area contributed by atoms with Crippen molar-refractivity contribution >= 4 is 50.5 Å². The van der Waals surface area contributed by atoms with Crippen LogP contribution in [0.5, 0.6) is 0 Å². The Hall–Kier alpha value is -2.09. The van der Waals surface area contributed by atoms with Crippen molar-refractivity contribution in [2.45, 2.75) is 5.75 Å². The molecule has 2 aromatic carbocycles. The summed E-state index contributed by atoms with van der Waals surface area (Å²) in [5, 5.41) is 5.78. The van der Waals surface area contributed by atoms with Crippen LogP contribution in [0.1, 0.15) is 15.9 Å². The van der Waals surface area contributed by atoms with Crippen molar-refractivity contribution in [1.82, 2.24) is 5.32 Å². The van der Waals surface area contributed by atoms with Crippen molar-refractivity contribution in [3.8, 4) is 0 Å². The Morgan fingerprint density at radius 1 is 1.04 bits per heavy atom. The number of halogens is 2. The van der Waals surface area contributed by atoms with Crippen LogP contribution in [0, 0.1) is 0 Å². The number of nitrogens with one attached hydrogen (secondary N) is 2. The van der Waals surface area contributed by atoms with Crippen LogP contribution in [0.4, 0.5) is 5.69 Å². The molecule has 0 radical (unpaired) electrons. The minimum atomic E-state index is -3.14. The van der Waals surface area contributed by atoms with Crippen LogP contribution in [-0.4, -0.2) is 33.0 Å². The topological polar surface area (TPSA) is 92.3 Å². The van der Waals surface area contributed by atoms with Gasteiger partial charge in [-0.25, -0.2) is 8.42 Å². The molecule has 2 aromatic rings. The van der Waals surface area contributed by atoms with Crippen LogP contribution < -0.4 is 10.6 Å². The first-order valence-electron chi connectivity index (χ1n) is 7.44. The standard InChI is InChI=1S/C17H16Cl2N2O4S/c1-26(24,25)10-11-2-4-12(5-3-11)17(23)20-9-16(22)21-15-8-13(18)6-7-14(15)19/h2-8H,9-10H2,1H3,(H,20,23)(H,21,22). The molecule has 0 aliphatic carbocycles. The average molecular weight is 415 g/mol. The molecule has 0 saturated carbocycles. The molecule has 26 heavy (non-hydrogen) atoms. The lowest BCUT2D eigenvalue weighted by Gasteiger charge is -2.09. The van der Waals surface area contributed by atoms with Crippen molar-refractivity contribution in [3.05, 3.63) is 63.6 Å². The highest BCUT2D eigenvalue weighted by Crippen LogP contribution is 2.25. The molecular weight excluding hydrogens is 399 g/mol. The quantitative estimate of drug-likeness (QED) is 0.759. The van der Waals surface area contributed by atoms with Crippen LogP contribution in [0.25, 0.3) is 0 Å². The summed E-state index contributed by atoms with van der Waals surface area (Å²) in [6.45, 7) is -0.257. The number of hydrogen-bond donors (Lipinski definition) is 2. The lowest BCUT2D eigenvalue weighted by molar-refractivity contribution is -0.115. The van der Waals surface area contributed by atoms with Crippen molar-refractivity contribution in [2.75, 3.05) is 18.1 Å². The van der Waals surface area contributed by atoms with Crippen LogP contribution >= 0.6 is 23.2 Å². The van der Waals surface area contributed by atoms with Gasteiger partial charge in [0.05, 0.1) is 23.0 Å². The zero-order chi connectivity index (χ0) is 19.3. The van der Waals surface area contributed by atoms with Crippen LogP contribution in [0.3, 0.4) is 0 Å². The van der Waals surface area contributed by atoms with E-state index in [9.17, 15) is 18.0 Å². The molecule has 0 atom stereocenters. The van der Waals surface area contributed by atoms with E-state index in [-0.39, 0.29) is 12.3 Å². The Kier molecular flexibility index (Phi) is 6.63. The van der Waals surface area contributed by atoms with Crippen molar-refractivity contribution in [2.24, 2.45) is 0 Å². The fourth-order valence-corrected chi connectivity index (χ4v) is 3.24. The summed E-state index contributed by atoms with van der Waals surface area (Å²) >= 11 is 11.8. The average Bonchev–Trinajstić information content (AvgIpc) is 2.55. The second kappa shape index (κ2) is 8.53. The van der Waals surface area contributed by atoms with E-state index >= 15 is 0 Å². The number of sulfone groups is 1. The molecule has 9 heteroatoms. The van der Waals surface area contributed by atoms with Gasteiger partial charge in [0.15, 0.2) is 9.84 Å². The monoisotopic (exact) mass is 414 g/mol. The third kappa shape index (κ3) is 6.33. The summed E-state index contributed by atoms with van der Waals surface area (Å²) in [6, 6.07) is 10.8. The minimum Gasteiger partial charge on any atom is -0.343 e. The van der Waals surface area contributed by atoms with Gasteiger partial charge in [0.2, 0.25) is 5.91 Å². The molecule has 0 aromatic heterocycles. The Morgan fingerprint density at radius 2 is 1.69 bits per heavy atom. The maximum absolute atomic E-state index is 12.1. The largest absolute Gasteiger partial charge is 0.343 e. The van der Waals surface area contributed by atoms with Gasteiger partial charge in [-0.05, 0) is 35.9 Å². The molecule has 138 valence electrons. The van der Waals surface area contributed by atoms with Crippen molar-refractivity contribution < 1.29 is 18.0 Å². The van der Waals surface area contributed by atoms with Crippen LogP contribution in [0.2, 0.25) is 10.0 Å². The molecule has 2 amide bonds. The number of amides is 2. The second-order valence-electron chi connectivity index (χ2n) is 5.62. The molecule has 0 unspecified atom stereocenters. The number of carbonyl (C=O) groups excluding carboxylic acids is 2. The first-order chi connectivity index (χ1) is 12.1. The third-order valence-corrected chi connectivity index (χ3v) is 4.68. The molecule has 0 fully saturated rings. The molecule has 2 N–H and O–H groups in total. The zero-order valence-corrected chi connectivity index (χ0v) is 16.1. The fourth-order valence-electron chi connectivity index (χ4n) is 2.11. The Balaban J connectivity index is 1.91. The van der Waals surface area contributed by atoms with Gasteiger partial charge in [-0.3, -0.25) is 9.59 Å². The maximum Gasteiger partial charge on any atom is 0.251 e. The minimum absolute atomic E-state index is 0.0995. The normalized spacial score (nSPS) is 11.0. The van der Waals surface area contributed by atoms with E-state index in [4.69, 9.17) is 23.2 Å². The lowest BCUT2D eigenvalue weighted by Crippen LogP contribution is -2.32. The summed E-state index contributed by atoms with van der Waals surface area (Å²) in [4.78, 5) is 24.0. The van der Waals surface area contributed by atoms with Gasteiger partial charge in [-0.1, -0.05) is 35.3 Å². The second-order valence-corrected chi connectivity index (χ2v) is 8.61. The maximum atomic E-state index is 12.1. The van der Waals surface area contributed by atoms with E-state index in [1.54, 1.807) is 24.3 Å². The SMILES string of the molecule is CS(=O)(=O)Cc1ccc(C(=O)NCC(=O)Nc2cc(Cl)ccc2Cl)cc1. The molecule has 0 bridgehead atoms.